The van der Waals surface area contributed by atoms with Crippen molar-refractivity contribution in [2.75, 3.05) is 17.7 Å². The molecule has 5 rings (SSSR count). The lowest BCUT2D eigenvalue weighted by atomic mass is 9.94. The molecule has 0 radical (unpaired) electrons. The van der Waals surface area contributed by atoms with Gasteiger partial charge in [0.1, 0.15) is 19.0 Å². The molecule has 8 nitrogen and oxygen atoms in total. The molecule has 0 aliphatic carbocycles. The highest BCUT2D eigenvalue weighted by molar-refractivity contribution is 6.35. The van der Waals surface area contributed by atoms with E-state index in [1.165, 1.54) is 6.33 Å². The van der Waals surface area contributed by atoms with Crippen molar-refractivity contribution >= 4 is 40.7 Å². The monoisotopic (exact) mass is 563 g/mol. The summed E-state index contributed by atoms with van der Waals surface area (Å²) in [7, 11) is 1.57. The zero-order valence-electron chi connectivity index (χ0n) is 21.9. The Morgan fingerprint density at radius 1 is 1.05 bits per heavy atom. The Balaban J connectivity index is 1.47. The molecule has 0 fully saturated rings. The van der Waals surface area contributed by atoms with E-state index in [-0.39, 0.29) is 12.5 Å². The van der Waals surface area contributed by atoms with Crippen molar-refractivity contribution in [2.24, 2.45) is 0 Å². The average Bonchev–Trinajstić information content (AvgIpc) is 3.37. The molecule has 3 aromatic carbocycles. The maximum Gasteiger partial charge on any atom is 0.255 e. The van der Waals surface area contributed by atoms with E-state index in [0.717, 1.165) is 27.9 Å². The molecule has 0 bridgehead atoms. The van der Waals surface area contributed by atoms with Crippen molar-refractivity contribution in [3.8, 4) is 11.5 Å². The van der Waals surface area contributed by atoms with E-state index in [0.29, 0.717) is 38.8 Å². The van der Waals surface area contributed by atoms with Gasteiger partial charge in [-0.2, -0.15) is 10.1 Å². The number of carbonyl (C=O) groups is 1. The maximum absolute atomic E-state index is 13.7. The van der Waals surface area contributed by atoms with E-state index < -0.39 is 6.04 Å². The van der Waals surface area contributed by atoms with Crippen LogP contribution in [0.1, 0.15) is 35.2 Å². The summed E-state index contributed by atoms with van der Waals surface area (Å²) in [4.78, 5) is 18.0. The number of hydrogen-bond acceptors (Lipinski definition) is 6. The van der Waals surface area contributed by atoms with Crippen LogP contribution < -0.4 is 20.1 Å². The van der Waals surface area contributed by atoms with Crippen LogP contribution in [-0.4, -0.2) is 27.8 Å². The molecule has 0 saturated carbocycles. The third kappa shape index (κ3) is 5.44. The Bertz CT molecular complexity index is 1600. The summed E-state index contributed by atoms with van der Waals surface area (Å²) in [6.45, 7) is 6.07. The summed E-state index contributed by atoms with van der Waals surface area (Å²) < 4.78 is 13.4. The van der Waals surface area contributed by atoms with E-state index in [9.17, 15) is 4.79 Å². The van der Waals surface area contributed by atoms with Gasteiger partial charge in [-0.25, -0.2) is 4.68 Å². The van der Waals surface area contributed by atoms with Crippen molar-refractivity contribution in [1.82, 2.24) is 14.8 Å². The third-order valence-corrected chi connectivity index (χ3v) is 7.16. The van der Waals surface area contributed by atoms with Crippen LogP contribution in [0.3, 0.4) is 0 Å². The second-order valence-corrected chi connectivity index (χ2v) is 10.1. The highest BCUT2D eigenvalue weighted by atomic mass is 35.5. The molecule has 1 aliphatic rings. The lowest BCUT2D eigenvalue weighted by Crippen LogP contribution is -2.31. The minimum absolute atomic E-state index is 0.231. The van der Waals surface area contributed by atoms with Crippen LogP contribution in [0.15, 0.2) is 72.2 Å². The molecule has 1 aromatic heterocycles. The molecule has 1 atom stereocenters. The van der Waals surface area contributed by atoms with E-state index in [4.69, 9.17) is 32.7 Å². The van der Waals surface area contributed by atoms with Gasteiger partial charge in [0.15, 0.2) is 11.5 Å². The summed E-state index contributed by atoms with van der Waals surface area (Å²) in [5.41, 5.74) is 5.61. The predicted molar refractivity (Wildman–Crippen MR) is 153 cm³/mol. The van der Waals surface area contributed by atoms with E-state index in [1.807, 2.05) is 63.2 Å². The average molecular weight is 564 g/mol. The Morgan fingerprint density at radius 2 is 1.87 bits per heavy atom. The van der Waals surface area contributed by atoms with Crippen LogP contribution in [0.2, 0.25) is 10.0 Å². The minimum atomic E-state index is -0.553. The van der Waals surface area contributed by atoms with Gasteiger partial charge < -0.3 is 20.1 Å². The van der Waals surface area contributed by atoms with Gasteiger partial charge in [0.25, 0.3) is 5.91 Å². The number of rotatable bonds is 7. The van der Waals surface area contributed by atoms with Gasteiger partial charge in [-0.1, -0.05) is 53.0 Å². The molecule has 200 valence electrons. The number of hydrogen-bond donors (Lipinski definition) is 2. The van der Waals surface area contributed by atoms with Crippen LogP contribution in [0.25, 0.3) is 0 Å². The Hall–Kier alpha value is -4.01. The second-order valence-electron chi connectivity index (χ2n) is 9.30. The summed E-state index contributed by atoms with van der Waals surface area (Å²) in [6.07, 6.45) is 1.46. The first-order valence-corrected chi connectivity index (χ1v) is 13.0. The van der Waals surface area contributed by atoms with Gasteiger partial charge in [0, 0.05) is 27.0 Å². The Kier molecular flexibility index (Phi) is 7.50. The SMILES string of the molecule is COc1cc([C@@H]2C(C(=O)Nc3ccc(C)cc3C)=C(C)Nc3ncnn32)ccc1OCc1ccc(Cl)cc1Cl. The molecule has 2 heterocycles. The fourth-order valence-corrected chi connectivity index (χ4v) is 5.07. The number of ether oxygens (including phenoxy) is 2. The number of allylic oxidation sites excluding steroid dienone is 1. The number of methoxy groups -OCH3 is 1. The summed E-state index contributed by atoms with van der Waals surface area (Å²) in [5, 5.41) is 11.8. The van der Waals surface area contributed by atoms with Crippen molar-refractivity contribution < 1.29 is 14.3 Å². The molecular weight excluding hydrogens is 537 g/mol. The van der Waals surface area contributed by atoms with Crippen molar-refractivity contribution in [3.63, 3.8) is 0 Å². The highest BCUT2D eigenvalue weighted by Crippen LogP contribution is 2.39. The molecule has 0 saturated heterocycles. The van der Waals surface area contributed by atoms with E-state index in [2.05, 4.69) is 20.7 Å². The number of amides is 1. The number of halogens is 2. The predicted octanol–water partition coefficient (Wildman–Crippen LogP) is 6.72. The first-order chi connectivity index (χ1) is 18.7. The first-order valence-electron chi connectivity index (χ1n) is 12.3. The molecule has 10 heteroatoms. The normalized spacial score (nSPS) is 14.5. The van der Waals surface area contributed by atoms with Crippen molar-refractivity contribution in [3.05, 3.63) is 104 Å². The number of aryl methyl sites for hydroxylation is 2. The van der Waals surface area contributed by atoms with Gasteiger partial charge >= 0.3 is 0 Å². The number of fused-ring (bicyclic) bond motifs is 1. The molecule has 4 aromatic rings. The highest BCUT2D eigenvalue weighted by Gasteiger charge is 2.34. The van der Waals surface area contributed by atoms with Gasteiger partial charge in [0.05, 0.1) is 12.7 Å². The number of benzene rings is 3. The molecule has 1 aliphatic heterocycles. The number of aromatic nitrogens is 3. The number of carbonyl (C=O) groups excluding carboxylic acids is 1. The maximum atomic E-state index is 13.7. The van der Waals surface area contributed by atoms with Gasteiger partial charge in [-0.3, -0.25) is 4.79 Å². The Labute approximate surface area is 236 Å². The molecular formula is C29H27Cl2N5O3. The quantitative estimate of drug-likeness (QED) is 0.259. The molecule has 0 spiro atoms. The summed E-state index contributed by atoms with van der Waals surface area (Å²) in [6, 6.07) is 16.2. The number of nitrogens with one attached hydrogen (secondary N) is 2. The Morgan fingerprint density at radius 3 is 2.62 bits per heavy atom. The topological polar surface area (TPSA) is 90.3 Å². The van der Waals surface area contributed by atoms with Crippen LogP contribution in [0, 0.1) is 13.8 Å². The fraction of sp³-hybridized carbons (Fsp3) is 0.207. The van der Waals surface area contributed by atoms with Crippen LogP contribution in [-0.2, 0) is 11.4 Å². The largest absolute Gasteiger partial charge is 0.493 e. The zero-order chi connectivity index (χ0) is 27.7. The molecule has 1 amide bonds. The molecule has 39 heavy (non-hydrogen) atoms. The molecule has 2 N–H and O–H groups in total. The second kappa shape index (κ2) is 11.0. The van der Waals surface area contributed by atoms with E-state index in [1.54, 1.807) is 23.9 Å². The van der Waals surface area contributed by atoms with Gasteiger partial charge in [-0.05, 0) is 62.2 Å². The fourth-order valence-electron chi connectivity index (χ4n) is 4.60. The summed E-state index contributed by atoms with van der Waals surface area (Å²) >= 11 is 12.3. The smallest absolute Gasteiger partial charge is 0.255 e. The zero-order valence-corrected chi connectivity index (χ0v) is 23.4. The number of anilines is 2. The lowest BCUT2D eigenvalue weighted by Gasteiger charge is -2.29. The first kappa shape index (κ1) is 26.6. The standard InChI is InChI=1S/C29H27Cl2N5O3/c1-16-5-9-23(17(2)11-16)35-28(37)26-18(3)34-29-32-15-33-36(29)27(26)19-7-10-24(25(12-19)38-4)39-14-20-6-8-21(30)13-22(20)31/h5-13,15,27H,14H2,1-4H3,(H,35,37)(H,32,33,34)/t27-/m1/s1. The van der Waals surface area contributed by atoms with Crippen LogP contribution in [0.5, 0.6) is 11.5 Å². The van der Waals surface area contributed by atoms with Crippen molar-refractivity contribution in [1.29, 1.82) is 0 Å². The molecule has 0 unspecified atom stereocenters. The third-order valence-electron chi connectivity index (χ3n) is 6.57. The van der Waals surface area contributed by atoms with Crippen LogP contribution in [0.4, 0.5) is 11.6 Å². The number of nitrogens with zero attached hydrogens (tertiary/aromatic N) is 3. The summed E-state index contributed by atoms with van der Waals surface area (Å²) in [5.74, 6) is 1.33. The van der Waals surface area contributed by atoms with Gasteiger partial charge in [0.2, 0.25) is 5.95 Å². The van der Waals surface area contributed by atoms with Gasteiger partial charge in [-0.15, -0.1) is 0 Å². The lowest BCUT2D eigenvalue weighted by molar-refractivity contribution is -0.113. The van der Waals surface area contributed by atoms with Crippen molar-refractivity contribution in [2.45, 2.75) is 33.4 Å². The van der Waals surface area contributed by atoms with Crippen LogP contribution >= 0.6 is 23.2 Å². The van der Waals surface area contributed by atoms with E-state index >= 15 is 0 Å². The minimum Gasteiger partial charge on any atom is -0.493 e.